The van der Waals surface area contributed by atoms with E-state index in [4.69, 9.17) is 10.0 Å². The van der Waals surface area contributed by atoms with Gasteiger partial charge in [-0.05, 0) is 6.42 Å². The van der Waals surface area contributed by atoms with Crippen LogP contribution in [0.4, 0.5) is 0 Å². The van der Waals surface area contributed by atoms with Gasteiger partial charge in [-0.2, -0.15) is 0 Å². The fourth-order valence-electron chi connectivity index (χ4n) is 0.520. The van der Waals surface area contributed by atoms with Crippen molar-refractivity contribution < 1.29 is 19.7 Å². The molecule has 0 fully saturated rings. The summed E-state index contributed by atoms with van der Waals surface area (Å²) >= 11 is 0. The highest BCUT2D eigenvalue weighted by molar-refractivity contribution is 6.32. The summed E-state index contributed by atoms with van der Waals surface area (Å²) in [6, 6.07) is 0. The number of unbranched alkanes of at least 4 members (excludes halogenated alkanes) is 2. The van der Waals surface area contributed by atoms with Gasteiger partial charge in [-0.15, -0.1) is 0 Å². The molecule has 0 aliphatic carbocycles. The van der Waals surface area contributed by atoms with Gasteiger partial charge in [0.05, 0.1) is 6.61 Å². The normalized spacial score (nSPS) is 9.90. The summed E-state index contributed by atoms with van der Waals surface area (Å²) in [5, 5.41) is 16.2. The molecule has 10 heavy (non-hydrogen) atoms. The largest absolute Gasteiger partial charge is 0.662 e. The number of hydrogen-bond donors (Lipinski definition) is 2. The van der Waals surface area contributed by atoms with Gasteiger partial charge >= 0.3 is 7.32 Å². The van der Waals surface area contributed by atoms with Crippen molar-refractivity contribution in [3.05, 3.63) is 0 Å². The summed E-state index contributed by atoms with van der Waals surface area (Å²) in [6.07, 6.45) is 3.04. The molecule has 5 heteroatoms. The van der Waals surface area contributed by atoms with Crippen LogP contribution in [-0.4, -0.2) is 24.0 Å². The third-order valence-corrected chi connectivity index (χ3v) is 0.985. The highest BCUT2D eigenvalue weighted by Crippen LogP contribution is 1.94. The topological polar surface area (TPSA) is 58.9 Å². The zero-order valence-electron chi connectivity index (χ0n) is 6.12. The van der Waals surface area contributed by atoms with Crippen molar-refractivity contribution in [3.63, 3.8) is 0 Å². The van der Waals surface area contributed by atoms with Crippen LogP contribution in [0.15, 0.2) is 0 Å². The van der Waals surface area contributed by atoms with E-state index in [1.807, 2.05) is 0 Å². The molecule has 0 aromatic rings. The smallest absolute Gasteiger partial charge is 0.400 e. The second-order valence-corrected chi connectivity index (χ2v) is 1.95. The molecular formula is C5H13BO4. The maximum absolute atomic E-state index is 8.12. The molecule has 0 heterocycles. The monoisotopic (exact) mass is 148 g/mol. The van der Waals surface area contributed by atoms with Crippen LogP contribution < -0.4 is 0 Å². The average molecular weight is 148 g/mol. The highest BCUT2D eigenvalue weighted by atomic mass is 17.2. The van der Waals surface area contributed by atoms with Gasteiger partial charge in [-0.25, -0.2) is 9.69 Å². The second kappa shape index (κ2) is 7.02. The summed E-state index contributed by atoms with van der Waals surface area (Å²) in [4.78, 5) is 8.40. The van der Waals surface area contributed by atoms with E-state index in [-0.39, 0.29) is 0 Å². The van der Waals surface area contributed by atoms with Crippen molar-refractivity contribution in [1.82, 2.24) is 0 Å². The zero-order chi connectivity index (χ0) is 7.82. The Hall–Kier alpha value is -0.0951. The molecule has 0 unspecified atom stereocenters. The van der Waals surface area contributed by atoms with Crippen molar-refractivity contribution in [3.8, 4) is 0 Å². The van der Waals surface area contributed by atoms with E-state index >= 15 is 0 Å². The molecule has 60 valence electrons. The molecule has 0 atom stereocenters. The summed E-state index contributed by atoms with van der Waals surface area (Å²) in [6.45, 7) is 2.48. The van der Waals surface area contributed by atoms with Crippen LogP contribution in [0, 0.1) is 0 Å². The van der Waals surface area contributed by atoms with Crippen molar-refractivity contribution in [2.24, 2.45) is 0 Å². The van der Waals surface area contributed by atoms with Crippen molar-refractivity contribution >= 4 is 7.32 Å². The first-order valence-corrected chi connectivity index (χ1v) is 3.41. The second-order valence-electron chi connectivity index (χ2n) is 1.95. The fourth-order valence-corrected chi connectivity index (χ4v) is 0.520. The lowest BCUT2D eigenvalue weighted by Gasteiger charge is -2.00. The molecule has 0 aromatic carbocycles. The van der Waals surface area contributed by atoms with E-state index < -0.39 is 7.32 Å². The molecule has 0 amide bonds. The van der Waals surface area contributed by atoms with Gasteiger partial charge in [-0.1, -0.05) is 19.8 Å². The highest BCUT2D eigenvalue weighted by Gasteiger charge is 2.08. The molecule has 0 aliphatic heterocycles. The molecule has 0 radical (unpaired) electrons. The van der Waals surface area contributed by atoms with Gasteiger partial charge in [0.15, 0.2) is 0 Å². The Morgan fingerprint density at radius 2 is 2.00 bits per heavy atom. The molecule has 0 aromatic heterocycles. The van der Waals surface area contributed by atoms with Crippen LogP contribution >= 0.6 is 0 Å². The SMILES string of the molecule is CCCCCOOB(O)O. The first kappa shape index (κ1) is 9.90. The summed E-state index contributed by atoms with van der Waals surface area (Å²) < 4.78 is 0. The quantitative estimate of drug-likeness (QED) is 0.242. The first-order valence-electron chi connectivity index (χ1n) is 3.41. The fraction of sp³-hybridized carbons (Fsp3) is 1.00. The van der Waals surface area contributed by atoms with E-state index in [9.17, 15) is 0 Å². The lowest BCUT2D eigenvalue weighted by molar-refractivity contribution is -0.235. The minimum Gasteiger partial charge on any atom is -0.400 e. The first-order chi connectivity index (χ1) is 4.77. The maximum atomic E-state index is 8.12. The Labute approximate surface area is 60.9 Å². The Balaban J connectivity index is 2.77. The van der Waals surface area contributed by atoms with E-state index in [1.54, 1.807) is 0 Å². The minimum atomic E-state index is -1.82. The molecule has 0 spiro atoms. The Morgan fingerprint density at radius 1 is 1.30 bits per heavy atom. The standard InChI is InChI=1S/C5H13BO4/c1-2-3-4-5-9-10-6(7)8/h7-8H,2-5H2,1H3. The predicted molar refractivity (Wildman–Crippen MR) is 36.8 cm³/mol. The molecule has 0 bridgehead atoms. The van der Waals surface area contributed by atoms with Crippen molar-refractivity contribution in [2.75, 3.05) is 6.61 Å². The van der Waals surface area contributed by atoms with E-state index in [0.29, 0.717) is 6.61 Å². The number of rotatable bonds is 6. The molecule has 0 aliphatic rings. The Morgan fingerprint density at radius 3 is 2.50 bits per heavy atom. The van der Waals surface area contributed by atoms with Crippen LogP contribution in [0.2, 0.25) is 0 Å². The maximum Gasteiger partial charge on any atom is 0.662 e. The third kappa shape index (κ3) is 7.90. The lowest BCUT2D eigenvalue weighted by atomic mass is 10.3. The Kier molecular flexibility index (Phi) is 6.95. The van der Waals surface area contributed by atoms with Gasteiger partial charge in [0.1, 0.15) is 0 Å². The Bertz CT molecular complexity index is 68.7. The van der Waals surface area contributed by atoms with Gasteiger partial charge in [0.2, 0.25) is 0 Å². The van der Waals surface area contributed by atoms with Crippen LogP contribution in [0.1, 0.15) is 26.2 Å². The molecule has 2 N–H and O–H groups in total. The van der Waals surface area contributed by atoms with E-state index in [2.05, 4.69) is 16.6 Å². The van der Waals surface area contributed by atoms with Gasteiger partial charge in [0.25, 0.3) is 0 Å². The van der Waals surface area contributed by atoms with E-state index in [1.165, 1.54) is 0 Å². The van der Waals surface area contributed by atoms with Gasteiger partial charge in [-0.3, -0.25) is 0 Å². The van der Waals surface area contributed by atoms with Gasteiger partial charge < -0.3 is 10.0 Å². The summed E-state index contributed by atoms with van der Waals surface area (Å²) in [7, 11) is -1.82. The average Bonchev–Trinajstić information content (AvgIpc) is 1.87. The molecule has 0 rings (SSSR count). The third-order valence-electron chi connectivity index (χ3n) is 0.985. The summed E-state index contributed by atoms with van der Waals surface area (Å²) in [5.41, 5.74) is 0. The van der Waals surface area contributed by atoms with E-state index in [0.717, 1.165) is 19.3 Å². The van der Waals surface area contributed by atoms with Crippen molar-refractivity contribution in [2.45, 2.75) is 26.2 Å². The van der Waals surface area contributed by atoms with Crippen LogP contribution in [0.25, 0.3) is 0 Å². The van der Waals surface area contributed by atoms with Crippen LogP contribution in [0.3, 0.4) is 0 Å². The summed E-state index contributed by atoms with van der Waals surface area (Å²) in [5.74, 6) is 0. The predicted octanol–water partition coefficient (Wildman–Crippen LogP) is 0.0943. The van der Waals surface area contributed by atoms with Crippen LogP contribution in [0.5, 0.6) is 0 Å². The number of hydrogen-bond acceptors (Lipinski definition) is 4. The molecular weight excluding hydrogens is 135 g/mol. The van der Waals surface area contributed by atoms with Gasteiger partial charge in [0, 0.05) is 0 Å². The molecule has 4 nitrogen and oxygen atoms in total. The van der Waals surface area contributed by atoms with Crippen molar-refractivity contribution in [1.29, 1.82) is 0 Å². The zero-order valence-corrected chi connectivity index (χ0v) is 6.12. The molecule has 0 saturated heterocycles. The van der Waals surface area contributed by atoms with Crippen LogP contribution in [-0.2, 0) is 9.69 Å². The minimum absolute atomic E-state index is 0.408. The molecule has 0 saturated carbocycles. The lowest BCUT2D eigenvalue weighted by Crippen LogP contribution is -2.17.